The van der Waals surface area contributed by atoms with Gasteiger partial charge in [0.2, 0.25) is 0 Å². The van der Waals surface area contributed by atoms with Gasteiger partial charge in [0.1, 0.15) is 25.9 Å². The van der Waals surface area contributed by atoms with Crippen molar-refractivity contribution in [2.45, 2.75) is 91.7 Å². The van der Waals surface area contributed by atoms with Crippen LogP contribution in [-0.4, -0.2) is 26.1 Å². The molecule has 2 heterocycles. The predicted octanol–water partition coefficient (Wildman–Crippen LogP) is 7.32. The average molecular weight is 473 g/mol. The van der Waals surface area contributed by atoms with Crippen LogP contribution in [0.3, 0.4) is 0 Å². The van der Waals surface area contributed by atoms with Gasteiger partial charge in [-0.2, -0.15) is 0 Å². The van der Waals surface area contributed by atoms with Gasteiger partial charge in [-0.3, -0.25) is 0 Å². The Kier molecular flexibility index (Phi) is 7.02. The Morgan fingerprint density at radius 3 is 1.13 bits per heavy atom. The summed E-state index contributed by atoms with van der Waals surface area (Å²) in [6.07, 6.45) is 0. The second-order valence-electron chi connectivity index (χ2n) is 11.9. The molecule has 6 heteroatoms. The van der Waals surface area contributed by atoms with Gasteiger partial charge in [-0.1, -0.05) is 92.7 Å². The zero-order chi connectivity index (χ0) is 23.1. The summed E-state index contributed by atoms with van der Waals surface area (Å²) in [5.74, 6) is 6.94. The van der Waals surface area contributed by atoms with Crippen molar-refractivity contribution in [3.8, 4) is 32.9 Å². The monoisotopic (exact) mass is 472 g/mol. The first-order valence-corrected chi connectivity index (χ1v) is 19.1. The molecular weight excluding hydrogens is 437 g/mol. The molecule has 0 saturated carbocycles. The molecule has 0 atom stereocenters. The molecule has 2 rings (SSSR count). The highest BCUT2D eigenvalue weighted by Crippen LogP contribution is 2.39. The van der Waals surface area contributed by atoms with Gasteiger partial charge in [0.05, 0.1) is 11.4 Å². The van der Waals surface area contributed by atoms with E-state index in [2.05, 4.69) is 104 Å². The number of hydrogen-bond donors (Lipinski definition) is 0. The third-order valence-electron chi connectivity index (χ3n) is 3.96. The normalized spacial score (nSPS) is 12.8. The number of aromatic nitrogens is 2. The molecule has 0 aliphatic heterocycles. The molecule has 30 heavy (non-hydrogen) atoms. The highest BCUT2D eigenvalue weighted by atomic mass is 32.1. The summed E-state index contributed by atoms with van der Waals surface area (Å²) in [4.78, 5) is 12.2. The summed E-state index contributed by atoms with van der Waals surface area (Å²) in [7, 11) is -2.92. The SMILES string of the molecule is CC(C)(C)c1nc(-c2nc(C(C)(C)C)c(C#C[Si](C)(C)C)s2)sc1C#C[Si](C)(C)C. The van der Waals surface area contributed by atoms with E-state index in [1.807, 2.05) is 0 Å². The molecule has 162 valence electrons. The lowest BCUT2D eigenvalue weighted by molar-refractivity contribution is 0.570. The Bertz CT molecular complexity index is 956. The summed E-state index contributed by atoms with van der Waals surface area (Å²) in [5, 5.41) is 1.94. The lowest BCUT2D eigenvalue weighted by atomic mass is 9.91. The maximum Gasteiger partial charge on any atom is 0.153 e. The first-order valence-electron chi connectivity index (χ1n) is 10.5. The maximum atomic E-state index is 5.04. The quantitative estimate of drug-likeness (QED) is 0.321. The lowest BCUT2D eigenvalue weighted by Crippen LogP contribution is -2.17. The van der Waals surface area contributed by atoms with Crippen molar-refractivity contribution < 1.29 is 0 Å². The van der Waals surface area contributed by atoms with E-state index in [0.29, 0.717) is 0 Å². The minimum atomic E-state index is -1.46. The second kappa shape index (κ2) is 8.39. The Hall–Kier alpha value is -1.19. The van der Waals surface area contributed by atoms with Crippen LogP contribution in [0.2, 0.25) is 39.3 Å². The molecule has 0 unspecified atom stereocenters. The molecule has 0 fully saturated rings. The molecule has 2 aromatic heterocycles. The van der Waals surface area contributed by atoms with E-state index in [4.69, 9.17) is 9.97 Å². The van der Waals surface area contributed by atoms with Gasteiger partial charge in [0.25, 0.3) is 0 Å². The summed E-state index contributed by atoms with van der Waals surface area (Å²) >= 11 is 3.36. The Morgan fingerprint density at radius 2 is 0.900 bits per heavy atom. The third kappa shape index (κ3) is 6.92. The van der Waals surface area contributed by atoms with Gasteiger partial charge in [-0.25, -0.2) is 9.97 Å². The van der Waals surface area contributed by atoms with Crippen LogP contribution in [0, 0.1) is 22.9 Å². The molecular formula is C24H36N2S2Si2. The average Bonchev–Trinajstić information content (AvgIpc) is 3.12. The van der Waals surface area contributed by atoms with Crippen molar-refractivity contribution in [1.82, 2.24) is 9.97 Å². The van der Waals surface area contributed by atoms with Gasteiger partial charge in [0, 0.05) is 10.8 Å². The summed E-state index contributed by atoms with van der Waals surface area (Å²) in [6.45, 7) is 26.9. The topological polar surface area (TPSA) is 25.8 Å². The van der Waals surface area contributed by atoms with Gasteiger partial charge >= 0.3 is 0 Å². The van der Waals surface area contributed by atoms with Crippen molar-refractivity contribution in [3.63, 3.8) is 0 Å². The van der Waals surface area contributed by atoms with E-state index in [1.165, 1.54) is 0 Å². The van der Waals surface area contributed by atoms with Crippen LogP contribution in [0.4, 0.5) is 0 Å². The molecule has 0 N–H and O–H groups in total. The zero-order valence-electron chi connectivity index (χ0n) is 20.7. The fraction of sp³-hybridized carbons (Fsp3) is 0.583. The largest absolute Gasteiger partial charge is 0.237 e. The molecule has 2 nitrogen and oxygen atoms in total. The molecule has 0 aliphatic rings. The summed E-state index contributed by atoms with van der Waals surface area (Å²) in [5.41, 5.74) is 9.09. The van der Waals surface area contributed by atoms with Crippen LogP contribution >= 0.6 is 22.7 Å². The Balaban J connectivity index is 2.66. The number of rotatable bonds is 1. The first kappa shape index (κ1) is 25.1. The van der Waals surface area contributed by atoms with E-state index >= 15 is 0 Å². The van der Waals surface area contributed by atoms with E-state index in [1.54, 1.807) is 22.7 Å². The smallest absolute Gasteiger partial charge is 0.153 e. The fourth-order valence-electron chi connectivity index (χ4n) is 2.50. The van der Waals surface area contributed by atoms with Crippen LogP contribution in [-0.2, 0) is 10.8 Å². The molecule has 2 aromatic rings. The number of nitrogens with zero attached hydrogens (tertiary/aromatic N) is 2. The van der Waals surface area contributed by atoms with Crippen molar-refractivity contribution in [3.05, 3.63) is 21.1 Å². The van der Waals surface area contributed by atoms with Gasteiger partial charge < -0.3 is 0 Å². The zero-order valence-corrected chi connectivity index (χ0v) is 24.3. The minimum absolute atomic E-state index is 0.0528. The van der Waals surface area contributed by atoms with Crippen LogP contribution in [0.15, 0.2) is 0 Å². The predicted molar refractivity (Wildman–Crippen MR) is 141 cm³/mol. The molecule has 0 spiro atoms. The molecule has 0 bridgehead atoms. The molecule has 0 amide bonds. The van der Waals surface area contributed by atoms with Gasteiger partial charge in [-0.15, -0.1) is 33.8 Å². The van der Waals surface area contributed by atoms with E-state index < -0.39 is 16.1 Å². The number of thiazole rings is 2. The Morgan fingerprint density at radius 1 is 0.600 bits per heavy atom. The minimum Gasteiger partial charge on any atom is -0.237 e. The van der Waals surface area contributed by atoms with Crippen molar-refractivity contribution >= 4 is 38.8 Å². The summed E-state index contributed by atoms with van der Waals surface area (Å²) in [6, 6.07) is 0. The Labute approximate surface area is 194 Å². The van der Waals surface area contributed by atoms with Crippen LogP contribution in [0.25, 0.3) is 10.0 Å². The molecule has 0 aliphatic carbocycles. The van der Waals surface area contributed by atoms with Gasteiger partial charge in [0.15, 0.2) is 10.0 Å². The van der Waals surface area contributed by atoms with E-state index in [9.17, 15) is 0 Å². The fourth-order valence-corrected chi connectivity index (χ4v) is 5.96. The third-order valence-corrected chi connectivity index (χ3v) is 7.79. The van der Waals surface area contributed by atoms with Crippen molar-refractivity contribution in [2.24, 2.45) is 0 Å². The first-order chi connectivity index (χ1) is 13.4. The molecule has 0 radical (unpaired) electrons. The number of hydrogen-bond acceptors (Lipinski definition) is 4. The highest BCUT2D eigenvalue weighted by molar-refractivity contribution is 7.22. The van der Waals surface area contributed by atoms with Crippen molar-refractivity contribution in [2.75, 3.05) is 0 Å². The van der Waals surface area contributed by atoms with E-state index in [-0.39, 0.29) is 10.8 Å². The second-order valence-corrected chi connectivity index (χ2v) is 23.4. The highest BCUT2D eigenvalue weighted by Gasteiger charge is 2.27. The summed E-state index contributed by atoms with van der Waals surface area (Å²) < 4.78 is 0. The van der Waals surface area contributed by atoms with E-state index in [0.717, 1.165) is 31.2 Å². The molecule has 0 aromatic carbocycles. The molecule has 0 saturated heterocycles. The van der Waals surface area contributed by atoms with Crippen molar-refractivity contribution in [1.29, 1.82) is 0 Å². The maximum absolute atomic E-state index is 5.04. The van der Waals surface area contributed by atoms with Crippen LogP contribution in [0.5, 0.6) is 0 Å². The van der Waals surface area contributed by atoms with Crippen LogP contribution < -0.4 is 0 Å². The van der Waals surface area contributed by atoms with Gasteiger partial charge in [-0.05, 0) is 0 Å². The standard InChI is InChI=1S/C24H36N2S2Si2/c1-23(2,3)19-17(13-15-29(7,8)9)27-21(25-19)22-26-20(24(4,5)6)18(28-22)14-16-30(10,11)12/h1-12H3. The van der Waals surface area contributed by atoms with Crippen LogP contribution in [0.1, 0.15) is 62.7 Å². The lowest BCUT2D eigenvalue weighted by Gasteiger charge is -2.16.